The van der Waals surface area contributed by atoms with Crippen molar-refractivity contribution >= 4 is 5.82 Å². The van der Waals surface area contributed by atoms with E-state index in [1.54, 1.807) is 0 Å². The van der Waals surface area contributed by atoms with Crippen LogP contribution in [0.3, 0.4) is 0 Å². The minimum atomic E-state index is 0.580. The molecule has 1 aromatic heterocycles. The van der Waals surface area contributed by atoms with Crippen LogP contribution in [0.1, 0.15) is 44.2 Å². The van der Waals surface area contributed by atoms with Crippen molar-refractivity contribution in [1.29, 1.82) is 0 Å². The predicted octanol–water partition coefficient (Wildman–Crippen LogP) is 2.65. The molecule has 0 aromatic carbocycles. The van der Waals surface area contributed by atoms with E-state index in [4.69, 9.17) is 4.74 Å². The molecule has 1 spiro atoms. The molecule has 5 nitrogen and oxygen atoms in total. The second-order valence-electron chi connectivity index (χ2n) is 7.90. The molecule has 0 atom stereocenters. The van der Waals surface area contributed by atoms with Crippen LogP contribution in [0.5, 0.6) is 0 Å². The summed E-state index contributed by atoms with van der Waals surface area (Å²) in [6, 6.07) is 4.96. The van der Waals surface area contributed by atoms with E-state index in [2.05, 4.69) is 32.1 Å². The van der Waals surface area contributed by atoms with Crippen LogP contribution in [-0.2, 0) is 4.74 Å². The normalized spacial score (nSPS) is 26.0. The number of hydrogen-bond donors (Lipinski definition) is 0. The molecule has 4 rings (SSSR count). The zero-order valence-electron chi connectivity index (χ0n) is 14.9. The fraction of sp³-hybridized carbons (Fsp3) is 0.789. The summed E-state index contributed by atoms with van der Waals surface area (Å²) >= 11 is 0. The number of nitrogens with zero attached hydrogens (tertiary/aromatic N) is 4. The van der Waals surface area contributed by atoms with Gasteiger partial charge in [0.05, 0.1) is 5.69 Å². The van der Waals surface area contributed by atoms with Crippen LogP contribution in [0.15, 0.2) is 12.1 Å². The Morgan fingerprint density at radius 2 is 1.62 bits per heavy atom. The summed E-state index contributed by atoms with van der Waals surface area (Å²) in [5.41, 5.74) is 1.57. The summed E-state index contributed by atoms with van der Waals surface area (Å²) in [5.74, 6) is 1.05. The summed E-state index contributed by atoms with van der Waals surface area (Å²) in [6.07, 6.45) is 7.82. The minimum absolute atomic E-state index is 0.580. The Balaban J connectivity index is 1.30. The molecule has 132 valence electrons. The maximum Gasteiger partial charge on any atom is 0.151 e. The Labute approximate surface area is 145 Å². The number of likely N-dealkylation sites (tertiary alicyclic amines) is 1. The number of piperidine rings is 2. The molecule has 4 heterocycles. The number of anilines is 1. The van der Waals surface area contributed by atoms with Crippen molar-refractivity contribution in [3.05, 3.63) is 17.8 Å². The molecular weight excluding hydrogens is 300 g/mol. The Morgan fingerprint density at radius 1 is 0.958 bits per heavy atom. The van der Waals surface area contributed by atoms with E-state index in [9.17, 15) is 0 Å². The average Bonchev–Trinajstić information content (AvgIpc) is 2.65. The van der Waals surface area contributed by atoms with Crippen molar-refractivity contribution in [2.24, 2.45) is 5.41 Å². The molecule has 0 bridgehead atoms. The maximum absolute atomic E-state index is 5.52. The van der Waals surface area contributed by atoms with E-state index in [0.717, 1.165) is 43.9 Å². The lowest BCUT2D eigenvalue weighted by Crippen LogP contribution is -2.50. The number of rotatable bonds is 2. The molecule has 0 aliphatic carbocycles. The van der Waals surface area contributed by atoms with Gasteiger partial charge in [-0.1, -0.05) is 0 Å². The maximum atomic E-state index is 5.52. The van der Waals surface area contributed by atoms with Crippen molar-refractivity contribution < 1.29 is 4.74 Å². The molecular formula is C19H30N4O. The lowest BCUT2D eigenvalue weighted by Gasteiger charge is -2.49. The summed E-state index contributed by atoms with van der Waals surface area (Å²) in [7, 11) is 0. The van der Waals surface area contributed by atoms with Crippen LogP contribution >= 0.6 is 0 Å². The molecule has 5 heteroatoms. The van der Waals surface area contributed by atoms with E-state index < -0.39 is 0 Å². The Kier molecular flexibility index (Phi) is 4.72. The fourth-order valence-corrected chi connectivity index (χ4v) is 4.68. The highest BCUT2D eigenvalue weighted by atomic mass is 16.5. The SMILES string of the molecule is Cc1ccc(N2CCC3(CC2)CCN(C2CCOCC2)CC3)nn1. The van der Waals surface area contributed by atoms with Crippen LogP contribution < -0.4 is 4.90 Å². The predicted molar refractivity (Wildman–Crippen MR) is 95.3 cm³/mol. The average molecular weight is 330 g/mol. The quantitative estimate of drug-likeness (QED) is 0.834. The van der Waals surface area contributed by atoms with E-state index in [0.29, 0.717) is 5.41 Å². The highest BCUT2D eigenvalue weighted by molar-refractivity contribution is 5.37. The van der Waals surface area contributed by atoms with Gasteiger partial charge in [-0.2, -0.15) is 5.10 Å². The van der Waals surface area contributed by atoms with Gasteiger partial charge in [0, 0.05) is 32.3 Å². The monoisotopic (exact) mass is 330 g/mol. The van der Waals surface area contributed by atoms with E-state index >= 15 is 0 Å². The third-order valence-electron chi connectivity index (χ3n) is 6.50. The molecule has 3 aliphatic heterocycles. The lowest BCUT2D eigenvalue weighted by molar-refractivity contribution is -0.000235. The van der Waals surface area contributed by atoms with E-state index in [-0.39, 0.29) is 0 Å². The number of aromatic nitrogens is 2. The van der Waals surface area contributed by atoms with Crippen LogP contribution in [0.4, 0.5) is 5.82 Å². The van der Waals surface area contributed by atoms with Crippen LogP contribution in [0.25, 0.3) is 0 Å². The number of aryl methyl sites for hydroxylation is 1. The Hall–Kier alpha value is -1.20. The van der Waals surface area contributed by atoms with Gasteiger partial charge >= 0.3 is 0 Å². The van der Waals surface area contributed by atoms with Gasteiger partial charge in [-0.25, -0.2) is 0 Å². The van der Waals surface area contributed by atoms with E-state index in [1.165, 1.54) is 51.6 Å². The first kappa shape index (κ1) is 16.3. The third kappa shape index (κ3) is 3.42. The topological polar surface area (TPSA) is 41.5 Å². The highest BCUT2D eigenvalue weighted by Gasteiger charge is 2.39. The van der Waals surface area contributed by atoms with Gasteiger partial charge in [-0.05, 0) is 76.1 Å². The Bertz CT molecular complexity index is 523. The van der Waals surface area contributed by atoms with Crippen LogP contribution in [-0.4, -0.2) is 60.5 Å². The molecule has 24 heavy (non-hydrogen) atoms. The summed E-state index contributed by atoms with van der Waals surface area (Å²) in [6.45, 7) is 8.75. The molecule has 1 aromatic rings. The first-order valence-electron chi connectivity index (χ1n) is 9.61. The smallest absolute Gasteiger partial charge is 0.151 e. The first-order chi connectivity index (χ1) is 11.7. The van der Waals surface area contributed by atoms with Crippen molar-refractivity contribution in [1.82, 2.24) is 15.1 Å². The van der Waals surface area contributed by atoms with Gasteiger partial charge in [0.25, 0.3) is 0 Å². The van der Waals surface area contributed by atoms with Gasteiger partial charge in [-0.3, -0.25) is 0 Å². The van der Waals surface area contributed by atoms with E-state index in [1.807, 2.05) is 6.92 Å². The summed E-state index contributed by atoms with van der Waals surface area (Å²) in [4.78, 5) is 5.16. The summed E-state index contributed by atoms with van der Waals surface area (Å²) < 4.78 is 5.52. The largest absolute Gasteiger partial charge is 0.381 e. The van der Waals surface area contributed by atoms with Crippen LogP contribution in [0, 0.1) is 12.3 Å². The Morgan fingerprint density at radius 3 is 2.25 bits per heavy atom. The van der Waals surface area contributed by atoms with Crippen molar-refractivity contribution in [2.45, 2.75) is 51.5 Å². The zero-order valence-corrected chi connectivity index (χ0v) is 14.9. The van der Waals surface area contributed by atoms with Crippen molar-refractivity contribution in [3.8, 4) is 0 Å². The standard InChI is InChI=1S/C19H30N4O/c1-16-2-3-18(21-20-16)23-12-8-19(9-13-23)6-10-22(11-7-19)17-4-14-24-15-5-17/h2-3,17H,4-15H2,1H3. The lowest BCUT2D eigenvalue weighted by atomic mass is 9.71. The second-order valence-corrected chi connectivity index (χ2v) is 7.90. The number of hydrogen-bond acceptors (Lipinski definition) is 5. The molecule has 0 N–H and O–H groups in total. The molecule has 3 saturated heterocycles. The minimum Gasteiger partial charge on any atom is -0.381 e. The van der Waals surface area contributed by atoms with Gasteiger partial charge < -0.3 is 14.5 Å². The third-order valence-corrected chi connectivity index (χ3v) is 6.50. The first-order valence-corrected chi connectivity index (χ1v) is 9.61. The van der Waals surface area contributed by atoms with Gasteiger partial charge in [0.15, 0.2) is 5.82 Å². The zero-order chi connectivity index (χ0) is 16.4. The van der Waals surface area contributed by atoms with Gasteiger partial charge in [0.2, 0.25) is 0 Å². The fourth-order valence-electron chi connectivity index (χ4n) is 4.68. The van der Waals surface area contributed by atoms with Crippen molar-refractivity contribution in [3.63, 3.8) is 0 Å². The van der Waals surface area contributed by atoms with Crippen LogP contribution in [0.2, 0.25) is 0 Å². The van der Waals surface area contributed by atoms with Gasteiger partial charge in [0.1, 0.15) is 0 Å². The second kappa shape index (κ2) is 6.96. The molecule has 0 unspecified atom stereocenters. The number of ether oxygens (including phenoxy) is 1. The molecule has 3 aliphatic rings. The molecule has 0 radical (unpaired) electrons. The molecule has 0 amide bonds. The molecule has 0 saturated carbocycles. The highest BCUT2D eigenvalue weighted by Crippen LogP contribution is 2.42. The summed E-state index contributed by atoms with van der Waals surface area (Å²) in [5, 5.41) is 8.58. The van der Waals surface area contributed by atoms with Gasteiger partial charge in [-0.15, -0.1) is 5.10 Å². The van der Waals surface area contributed by atoms with Crippen molar-refractivity contribution in [2.75, 3.05) is 44.3 Å². The molecule has 3 fully saturated rings.